The number of nitrogens with two attached hydrogens (primary N) is 1. The van der Waals surface area contributed by atoms with E-state index in [0.717, 1.165) is 12.2 Å². The molecular formula is C32H34FN7O2S. The monoisotopic (exact) mass is 599 g/mol. The Balaban J connectivity index is 1.41. The number of carbonyl (C=O) groups excluding carboxylic acids is 1. The number of hydrogen-bond donors (Lipinski definition) is 1. The third kappa shape index (κ3) is 6.97. The van der Waals surface area contributed by atoms with Gasteiger partial charge in [-0.05, 0) is 48.3 Å². The number of para-hydroxylation sites is 1. The van der Waals surface area contributed by atoms with Crippen LogP contribution in [0.2, 0.25) is 0 Å². The molecule has 1 saturated heterocycles. The van der Waals surface area contributed by atoms with Gasteiger partial charge in [0.15, 0.2) is 5.65 Å². The number of anilines is 1. The van der Waals surface area contributed by atoms with Crippen molar-refractivity contribution in [1.82, 2.24) is 24.6 Å². The van der Waals surface area contributed by atoms with Crippen molar-refractivity contribution in [3.63, 3.8) is 0 Å². The van der Waals surface area contributed by atoms with Crippen LogP contribution < -0.4 is 10.5 Å². The van der Waals surface area contributed by atoms with E-state index in [4.69, 9.17) is 15.6 Å². The molecule has 1 aliphatic rings. The van der Waals surface area contributed by atoms with Crippen molar-refractivity contribution >= 4 is 34.5 Å². The number of rotatable bonds is 8. The molecule has 1 unspecified atom stereocenters. The molecule has 222 valence electrons. The number of hydrogen-bond acceptors (Lipinski definition) is 8. The van der Waals surface area contributed by atoms with E-state index in [1.807, 2.05) is 18.2 Å². The van der Waals surface area contributed by atoms with Gasteiger partial charge in [0.2, 0.25) is 0 Å². The fourth-order valence-corrected chi connectivity index (χ4v) is 6.03. The molecule has 1 aliphatic heterocycles. The van der Waals surface area contributed by atoms with E-state index in [2.05, 4.69) is 36.8 Å². The van der Waals surface area contributed by atoms with Crippen molar-refractivity contribution in [3.05, 3.63) is 72.3 Å². The average molecular weight is 600 g/mol. The van der Waals surface area contributed by atoms with E-state index in [1.165, 1.54) is 12.4 Å². The first kappa shape index (κ1) is 30.0. The zero-order chi connectivity index (χ0) is 30.6. The van der Waals surface area contributed by atoms with E-state index >= 15 is 4.39 Å². The Kier molecular flexibility index (Phi) is 8.97. The molecule has 0 bridgehead atoms. The van der Waals surface area contributed by atoms with Crippen LogP contribution >= 0.6 is 11.8 Å². The second kappa shape index (κ2) is 12.8. The first-order valence-electron chi connectivity index (χ1n) is 14.1. The number of halogens is 1. The van der Waals surface area contributed by atoms with Crippen LogP contribution in [0.4, 0.5) is 10.2 Å². The van der Waals surface area contributed by atoms with E-state index in [-0.39, 0.29) is 34.3 Å². The lowest BCUT2D eigenvalue weighted by Crippen LogP contribution is -2.41. The molecule has 0 aliphatic carbocycles. The molecule has 2 aromatic carbocycles. The number of thioether (sulfide) groups is 1. The van der Waals surface area contributed by atoms with Crippen LogP contribution in [0.5, 0.6) is 11.5 Å². The Morgan fingerprint density at radius 2 is 2.00 bits per heavy atom. The molecular weight excluding hydrogens is 565 g/mol. The maximum atomic E-state index is 15.5. The van der Waals surface area contributed by atoms with Gasteiger partial charge in [0, 0.05) is 30.5 Å². The van der Waals surface area contributed by atoms with Gasteiger partial charge in [-0.1, -0.05) is 45.0 Å². The second-order valence-electron chi connectivity index (χ2n) is 11.7. The number of nitriles is 1. The summed E-state index contributed by atoms with van der Waals surface area (Å²) in [5, 5.41) is 15.0. The quantitative estimate of drug-likeness (QED) is 0.140. The van der Waals surface area contributed by atoms with Crippen molar-refractivity contribution < 1.29 is 13.9 Å². The molecule has 1 atom stereocenters. The lowest BCUT2D eigenvalue weighted by atomic mass is 10.0. The summed E-state index contributed by atoms with van der Waals surface area (Å²) in [5.41, 5.74) is 7.58. The molecule has 43 heavy (non-hydrogen) atoms. The lowest BCUT2D eigenvalue weighted by Gasteiger charge is -2.32. The van der Waals surface area contributed by atoms with Crippen LogP contribution in [0.15, 0.2) is 66.5 Å². The van der Waals surface area contributed by atoms with Crippen molar-refractivity contribution in [1.29, 1.82) is 5.26 Å². The number of carbonyl (C=O) groups is 1. The number of nitrogen functional groups attached to an aromatic ring is 1. The van der Waals surface area contributed by atoms with Gasteiger partial charge in [0.1, 0.15) is 46.8 Å². The molecule has 0 saturated carbocycles. The third-order valence-electron chi connectivity index (χ3n) is 7.01. The molecule has 2 N–H and O–H groups in total. The van der Waals surface area contributed by atoms with E-state index in [0.29, 0.717) is 53.5 Å². The fourth-order valence-electron chi connectivity index (χ4n) is 5.01. The molecule has 0 spiro atoms. The van der Waals surface area contributed by atoms with Crippen LogP contribution in [0.3, 0.4) is 0 Å². The summed E-state index contributed by atoms with van der Waals surface area (Å²) in [6.07, 6.45) is 4.50. The summed E-state index contributed by atoms with van der Waals surface area (Å²) in [6.45, 7) is 7.33. The summed E-state index contributed by atoms with van der Waals surface area (Å²) < 4.78 is 23.0. The second-order valence-corrected chi connectivity index (χ2v) is 12.7. The first-order valence-corrected chi connectivity index (χ1v) is 15.3. The molecule has 9 nitrogen and oxygen atoms in total. The zero-order valence-corrected chi connectivity index (χ0v) is 25.3. The minimum absolute atomic E-state index is 0.138. The Labute approximate surface area is 254 Å². The smallest absolute Gasteiger partial charge is 0.264 e. The van der Waals surface area contributed by atoms with E-state index in [9.17, 15) is 10.1 Å². The average Bonchev–Trinajstić information content (AvgIpc) is 3.38. The summed E-state index contributed by atoms with van der Waals surface area (Å²) in [5.74, 6) is 1.81. The SMILES string of the molecule is CC(C)(C)CSC/C=C(\C#N)C(=O)N1CCCC(n2nc(-c3ccc(Oc4ccccc4)cc3F)c3c(N)ncnc32)C1. The van der Waals surface area contributed by atoms with Crippen LogP contribution in [-0.4, -0.2) is 55.2 Å². The van der Waals surface area contributed by atoms with Gasteiger partial charge in [-0.3, -0.25) is 4.79 Å². The standard InChI is InChI=1S/C32H34FN7O2S/c1-32(2,3)19-43-15-13-21(17-34)31(41)39-14-7-8-22(18-39)40-30-27(29(35)36-20-37-30)28(38-40)25-12-11-24(16-26(25)33)42-23-9-5-4-6-10-23/h4-6,9-13,16,20,22H,7-8,14-15,18-19H2,1-3H3,(H2,35,36,37)/b21-13+. The molecule has 4 aromatic rings. The van der Waals surface area contributed by atoms with Gasteiger partial charge in [-0.25, -0.2) is 19.0 Å². The van der Waals surface area contributed by atoms with Gasteiger partial charge >= 0.3 is 0 Å². The Morgan fingerprint density at radius 1 is 1.21 bits per heavy atom. The van der Waals surface area contributed by atoms with Gasteiger partial charge < -0.3 is 15.4 Å². The van der Waals surface area contributed by atoms with Crippen molar-refractivity contribution in [2.24, 2.45) is 5.41 Å². The minimum atomic E-state index is -0.531. The number of ether oxygens (including phenoxy) is 1. The normalized spacial score (nSPS) is 15.8. The first-order chi connectivity index (χ1) is 20.6. The maximum Gasteiger partial charge on any atom is 0.264 e. The number of nitrogens with zero attached hydrogens (tertiary/aromatic N) is 6. The molecule has 2 aromatic heterocycles. The molecule has 1 amide bonds. The number of aromatic nitrogens is 4. The summed E-state index contributed by atoms with van der Waals surface area (Å²) in [4.78, 5) is 23.6. The fraction of sp³-hybridized carbons (Fsp3) is 0.344. The summed E-state index contributed by atoms with van der Waals surface area (Å²) in [6, 6.07) is 15.6. The topological polar surface area (TPSA) is 123 Å². The highest BCUT2D eigenvalue weighted by atomic mass is 32.2. The zero-order valence-electron chi connectivity index (χ0n) is 24.5. The van der Waals surface area contributed by atoms with Crippen molar-refractivity contribution in [2.75, 3.05) is 30.3 Å². The molecule has 0 radical (unpaired) electrons. The van der Waals surface area contributed by atoms with Crippen molar-refractivity contribution in [3.8, 4) is 28.8 Å². The number of piperidine rings is 1. The number of benzene rings is 2. The predicted molar refractivity (Wildman–Crippen MR) is 167 cm³/mol. The number of amides is 1. The molecule has 3 heterocycles. The van der Waals surface area contributed by atoms with E-state index in [1.54, 1.807) is 51.7 Å². The minimum Gasteiger partial charge on any atom is -0.457 e. The highest BCUT2D eigenvalue weighted by Crippen LogP contribution is 2.36. The summed E-state index contributed by atoms with van der Waals surface area (Å²) >= 11 is 1.69. The van der Waals surface area contributed by atoms with Crippen LogP contribution in [0.1, 0.15) is 39.7 Å². The highest BCUT2D eigenvalue weighted by Gasteiger charge is 2.30. The van der Waals surface area contributed by atoms with Gasteiger partial charge in [-0.15, -0.1) is 0 Å². The predicted octanol–water partition coefficient (Wildman–Crippen LogP) is 6.40. The lowest BCUT2D eigenvalue weighted by molar-refractivity contribution is -0.128. The largest absolute Gasteiger partial charge is 0.457 e. The van der Waals surface area contributed by atoms with Crippen LogP contribution in [-0.2, 0) is 4.79 Å². The van der Waals surface area contributed by atoms with Gasteiger partial charge in [0.05, 0.1) is 11.4 Å². The molecule has 1 fully saturated rings. The number of fused-ring (bicyclic) bond motifs is 1. The highest BCUT2D eigenvalue weighted by molar-refractivity contribution is 7.99. The third-order valence-corrected chi connectivity index (χ3v) is 8.49. The maximum absolute atomic E-state index is 15.5. The Hall–Kier alpha value is -4.43. The van der Waals surface area contributed by atoms with E-state index < -0.39 is 5.82 Å². The summed E-state index contributed by atoms with van der Waals surface area (Å²) in [7, 11) is 0. The molecule has 11 heteroatoms. The van der Waals surface area contributed by atoms with Crippen LogP contribution in [0, 0.1) is 22.6 Å². The molecule has 5 rings (SSSR count). The Morgan fingerprint density at radius 3 is 2.72 bits per heavy atom. The number of likely N-dealkylation sites (tertiary alicyclic amines) is 1. The Bertz CT molecular complexity index is 1690. The van der Waals surface area contributed by atoms with Gasteiger partial charge in [-0.2, -0.15) is 22.1 Å². The van der Waals surface area contributed by atoms with Crippen LogP contribution in [0.25, 0.3) is 22.3 Å². The van der Waals surface area contributed by atoms with Crippen molar-refractivity contribution in [2.45, 2.75) is 39.7 Å². The van der Waals surface area contributed by atoms with Gasteiger partial charge in [0.25, 0.3) is 5.91 Å².